The van der Waals surface area contributed by atoms with Crippen molar-refractivity contribution >= 4 is 0 Å². The minimum Gasteiger partial charge on any atom is -0.379 e. The fraction of sp³-hybridized carbons (Fsp3) is 0.600. The third-order valence-electron chi connectivity index (χ3n) is 3.70. The van der Waals surface area contributed by atoms with E-state index in [1.165, 1.54) is 11.1 Å². The van der Waals surface area contributed by atoms with E-state index in [1.807, 2.05) is 0 Å². The smallest absolute Gasteiger partial charge is 0.0594 e. The number of benzene rings is 1. The van der Waals surface area contributed by atoms with E-state index in [2.05, 4.69) is 43.0 Å². The SMILES string of the molecule is CC(C)c1ccc([C@H](CN)N2CCOCC2)cc1. The van der Waals surface area contributed by atoms with Gasteiger partial charge in [0.1, 0.15) is 0 Å². The number of nitrogens with two attached hydrogens (primary N) is 1. The van der Waals surface area contributed by atoms with Crippen LogP contribution in [0.1, 0.15) is 36.9 Å². The Morgan fingerprint density at radius 1 is 1.11 bits per heavy atom. The summed E-state index contributed by atoms with van der Waals surface area (Å²) in [6, 6.07) is 9.23. The highest BCUT2D eigenvalue weighted by Crippen LogP contribution is 2.23. The van der Waals surface area contributed by atoms with Crippen LogP contribution in [0.3, 0.4) is 0 Å². The van der Waals surface area contributed by atoms with Crippen LogP contribution in [0.5, 0.6) is 0 Å². The van der Waals surface area contributed by atoms with Gasteiger partial charge in [0.2, 0.25) is 0 Å². The summed E-state index contributed by atoms with van der Waals surface area (Å²) in [5.41, 5.74) is 8.66. The summed E-state index contributed by atoms with van der Waals surface area (Å²) in [5.74, 6) is 0.582. The number of hydrogen-bond donors (Lipinski definition) is 1. The van der Waals surface area contributed by atoms with Crippen LogP contribution in [-0.2, 0) is 4.74 Å². The predicted octanol–water partition coefficient (Wildman–Crippen LogP) is 2.14. The second kappa shape index (κ2) is 6.32. The molecular formula is C15H24N2O. The zero-order chi connectivity index (χ0) is 13.0. The first-order valence-electron chi connectivity index (χ1n) is 6.84. The highest BCUT2D eigenvalue weighted by atomic mass is 16.5. The van der Waals surface area contributed by atoms with Crippen LogP contribution in [0, 0.1) is 0 Å². The van der Waals surface area contributed by atoms with Crippen molar-refractivity contribution in [2.75, 3.05) is 32.8 Å². The maximum atomic E-state index is 5.95. The first-order valence-corrected chi connectivity index (χ1v) is 6.84. The molecule has 1 aromatic rings. The van der Waals surface area contributed by atoms with Gasteiger partial charge in [-0.2, -0.15) is 0 Å². The topological polar surface area (TPSA) is 38.5 Å². The Morgan fingerprint density at radius 2 is 1.67 bits per heavy atom. The Balaban J connectivity index is 2.11. The van der Waals surface area contributed by atoms with Gasteiger partial charge in [0, 0.05) is 25.7 Å². The lowest BCUT2D eigenvalue weighted by Gasteiger charge is -2.34. The third kappa shape index (κ3) is 3.10. The number of rotatable bonds is 4. The molecule has 1 fully saturated rings. The molecule has 1 aliphatic rings. The Morgan fingerprint density at radius 3 is 2.17 bits per heavy atom. The summed E-state index contributed by atoms with van der Waals surface area (Å²) in [5, 5.41) is 0. The summed E-state index contributed by atoms with van der Waals surface area (Å²) in [6.45, 7) is 8.71. The first-order chi connectivity index (χ1) is 8.72. The minimum atomic E-state index is 0.329. The molecule has 0 bridgehead atoms. The van der Waals surface area contributed by atoms with E-state index in [0.29, 0.717) is 18.5 Å². The lowest BCUT2D eigenvalue weighted by molar-refractivity contribution is 0.0179. The molecule has 1 atom stereocenters. The number of hydrogen-bond acceptors (Lipinski definition) is 3. The molecular weight excluding hydrogens is 224 g/mol. The van der Waals surface area contributed by atoms with E-state index < -0.39 is 0 Å². The van der Waals surface area contributed by atoms with E-state index in [1.54, 1.807) is 0 Å². The maximum Gasteiger partial charge on any atom is 0.0594 e. The van der Waals surface area contributed by atoms with Crippen LogP contribution >= 0.6 is 0 Å². The maximum absolute atomic E-state index is 5.95. The highest BCUT2D eigenvalue weighted by molar-refractivity contribution is 5.27. The van der Waals surface area contributed by atoms with E-state index in [4.69, 9.17) is 10.5 Å². The van der Waals surface area contributed by atoms with Crippen LogP contribution in [0.4, 0.5) is 0 Å². The van der Waals surface area contributed by atoms with Gasteiger partial charge in [-0.25, -0.2) is 0 Å². The number of morpholine rings is 1. The predicted molar refractivity (Wildman–Crippen MR) is 74.7 cm³/mol. The Bertz CT molecular complexity index is 355. The average Bonchev–Trinajstić information content (AvgIpc) is 2.41. The van der Waals surface area contributed by atoms with Crippen LogP contribution in [0.25, 0.3) is 0 Å². The van der Waals surface area contributed by atoms with E-state index in [0.717, 1.165) is 26.3 Å². The van der Waals surface area contributed by atoms with Gasteiger partial charge in [0.15, 0.2) is 0 Å². The van der Waals surface area contributed by atoms with Crippen molar-refractivity contribution in [3.8, 4) is 0 Å². The molecule has 2 N–H and O–H groups in total. The van der Waals surface area contributed by atoms with Crippen molar-refractivity contribution < 1.29 is 4.74 Å². The van der Waals surface area contributed by atoms with Crippen molar-refractivity contribution in [2.45, 2.75) is 25.8 Å². The monoisotopic (exact) mass is 248 g/mol. The van der Waals surface area contributed by atoms with Crippen LogP contribution in [-0.4, -0.2) is 37.7 Å². The fourth-order valence-electron chi connectivity index (χ4n) is 2.49. The molecule has 3 heteroatoms. The summed E-state index contributed by atoms with van der Waals surface area (Å²) in [7, 11) is 0. The molecule has 0 amide bonds. The Hall–Kier alpha value is -0.900. The van der Waals surface area contributed by atoms with Gasteiger partial charge in [-0.1, -0.05) is 38.1 Å². The molecule has 100 valence electrons. The first kappa shape index (κ1) is 13.5. The molecule has 0 saturated carbocycles. The third-order valence-corrected chi connectivity index (χ3v) is 3.70. The molecule has 1 aromatic carbocycles. The van der Waals surface area contributed by atoms with Crippen molar-refractivity contribution in [2.24, 2.45) is 5.73 Å². The lowest BCUT2D eigenvalue weighted by Crippen LogP contribution is -2.41. The van der Waals surface area contributed by atoms with E-state index >= 15 is 0 Å². The van der Waals surface area contributed by atoms with Crippen molar-refractivity contribution in [3.63, 3.8) is 0 Å². The van der Waals surface area contributed by atoms with Gasteiger partial charge >= 0.3 is 0 Å². The van der Waals surface area contributed by atoms with Gasteiger partial charge in [0.05, 0.1) is 13.2 Å². The molecule has 3 nitrogen and oxygen atoms in total. The van der Waals surface area contributed by atoms with Crippen LogP contribution in [0.2, 0.25) is 0 Å². The summed E-state index contributed by atoms with van der Waals surface area (Å²) < 4.78 is 5.40. The molecule has 2 rings (SSSR count). The summed E-state index contributed by atoms with van der Waals surface area (Å²) >= 11 is 0. The molecule has 1 aliphatic heterocycles. The molecule has 0 spiro atoms. The highest BCUT2D eigenvalue weighted by Gasteiger charge is 2.21. The normalized spacial score (nSPS) is 19.1. The van der Waals surface area contributed by atoms with Crippen molar-refractivity contribution in [1.29, 1.82) is 0 Å². The zero-order valence-electron chi connectivity index (χ0n) is 11.4. The summed E-state index contributed by atoms with van der Waals surface area (Å²) in [6.07, 6.45) is 0. The molecule has 1 saturated heterocycles. The second-order valence-corrected chi connectivity index (χ2v) is 5.22. The molecule has 0 unspecified atom stereocenters. The molecule has 0 aliphatic carbocycles. The quantitative estimate of drug-likeness (QED) is 0.887. The molecule has 1 heterocycles. The largest absolute Gasteiger partial charge is 0.379 e. The van der Waals surface area contributed by atoms with E-state index in [9.17, 15) is 0 Å². The fourth-order valence-corrected chi connectivity index (χ4v) is 2.49. The minimum absolute atomic E-state index is 0.329. The number of ether oxygens (including phenoxy) is 1. The van der Waals surface area contributed by atoms with E-state index in [-0.39, 0.29) is 0 Å². The van der Waals surface area contributed by atoms with Crippen LogP contribution in [0.15, 0.2) is 24.3 Å². The number of nitrogens with zero attached hydrogens (tertiary/aromatic N) is 1. The average molecular weight is 248 g/mol. The van der Waals surface area contributed by atoms with Crippen molar-refractivity contribution in [3.05, 3.63) is 35.4 Å². The lowest BCUT2D eigenvalue weighted by atomic mass is 9.98. The van der Waals surface area contributed by atoms with Crippen LogP contribution < -0.4 is 5.73 Å². The van der Waals surface area contributed by atoms with Gasteiger partial charge < -0.3 is 10.5 Å². The van der Waals surface area contributed by atoms with Gasteiger partial charge in [-0.05, 0) is 17.0 Å². The molecule has 18 heavy (non-hydrogen) atoms. The Kier molecular flexibility index (Phi) is 4.75. The van der Waals surface area contributed by atoms with Crippen molar-refractivity contribution in [1.82, 2.24) is 4.90 Å². The zero-order valence-corrected chi connectivity index (χ0v) is 11.4. The van der Waals surface area contributed by atoms with Gasteiger partial charge in [-0.15, -0.1) is 0 Å². The van der Waals surface area contributed by atoms with Gasteiger partial charge in [-0.3, -0.25) is 4.90 Å². The Labute approximate surface area is 110 Å². The van der Waals surface area contributed by atoms with Gasteiger partial charge in [0.25, 0.3) is 0 Å². The second-order valence-electron chi connectivity index (χ2n) is 5.22. The standard InChI is InChI=1S/C15H24N2O/c1-12(2)13-3-5-14(6-4-13)15(11-16)17-7-9-18-10-8-17/h3-6,12,15H,7-11,16H2,1-2H3/t15-/m0/s1. The summed E-state index contributed by atoms with van der Waals surface area (Å²) in [4.78, 5) is 2.42. The molecule has 0 aromatic heterocycles. The molecule has 0 radical (unpaired) electrons.